The fourth-order valence-corrected chi connectivity index (χ4v) is 4.09. The van der Waals surface area contributed by atoms with Crippen molar-refractivity contribution in [3.8, 4) is 11.1 Å². The maximum atomic E-state index is 13.1. The van der Waals surface area contributed by atoms with Gasteiger partial charge in [-0.3, -0.25) is 9.89 Å². The summed E-state index contributed by atoms with van der Waals surface area (Å²) in [7, 11) is 0. The van der Waals surface area contributed by atoms with Gasteiger partial charge in [0.25, 0.3) is 5.91 Å². The van der Waals surface area contributed by atoms with Gasteiger partial charge < -0.3 is 16.0 Å². The number of hydrogen-bond donors (Lipinski definition) is 3. The Bertz CT molecular complexity index is 733. The number of nitrogen functional groups attached to an aromatic ring is 1. The quantitative estimate of drug-likeness (QED) is 0.787. The number of carbonyl (C=O) groups is 1. The van der Waals surface area contributed by atoms with E-state index in [2.05, 4.69) is 15.5 Å². The number of rotatable bonds is 2. The number of aromatic nitrogens is 2. The summed E-state index contributed by atoms with van der Waals surface area (Å²) < 4.78 is 0. The molecule has 0 saturated carbocycles. The molecule has 1 spiro atoms. The number of nitrogens with zero attached hydrogens (tertiary/aromatic N) is 2. The van der Waals surface area contributed by atoms with E-state index < -0.39 is 0 Å². The minimum atomic E-state index is 0.00373. The molecule has 126 valence electrons. The first-order chi connectivity index (χ1) is 11.7. The van der Waals surface area contributed by atoms with E-state index in [9.17, 15) is 4.79 Å². The first-order valence-electron chi connectivity index (χ1n) is 8.58. The lowest BCUT2D eigenvalue weighted by atomic mass is 9.79. The van der Waals surface area contributed by atoms with Crippen molar-refractivity contribution in [3.05, 3.63) is 36.0 Å². The number of nitrogens with two attached hydrogens (primary N) is 1. The van der Waals surface area contributed by atoms with Crippen LogP contribution in [0.3, 0.4) is 0 Å². The predicted molar refractivity (Wildman–Crippen MR) is 93.5 cm³/mol. The van der Waals surface area contributed by atoms with Crippen molar-refractivity contribution in [1.82, 2.24) is 20.4 Å². The first-order valence-corrected chi connectivity index (χ1v) is 8.58. The number of likely N-dealkylation sites (tertiary alicyclic amines) is 1. The van der Waals surface area contributed by atoms with E-state index in [-0.39, 0.29) is 11.3 Å². The Balaban J connectivity index is 1.63. The number of aromatic amines is 1. The molecule has 24 heavy (non-hydrogen) atoms. The van der Waals surface area contributed by atoms with Gasteiger partial charge in [0.05, 0.1) is 5.56 Å². The van der Waals surface area contributed by atoms with Crippen LogP contribution in [0.15, 0.2) is 30.3 Å². The number of anilines is 1. The lowest BCUT2D eigenvalue weighted by molar-refractivity contribution is 0.0548. The molecular weight excluding hydrogens is 302 g/mol. The lowest BCUT2D eigenvalue weighted by Crippen LogP contribution is -2.47. The number of amides is 1. The molecule has 6 nitrogen and oxygen atoms in total. The van der Waals surface area contributed by atoms with Crippen LogP contribution in [0.25, 0.3) is 11.1 Å². The Hall–Kier alpha value is -2.34. The van der Waals surface area contributed by atoms with E-state index >= 15 is 0 Å². The predicted octanol–water partition coefficient (Wildman–Crippen LogP) is 1.87. The molecule has 1 atom stereocenters. The molecule has 1 amide bonds. The molecule has 4 rings (SSSR count). The zero-order valence-electron chi connectivity index (χ0n) is 13.7. The number of nitrogens with one attached hydrogen (secondary N) is 2. The van der Waals surface area contributed by atoms with Crippen molar-refractivity contribution in [1.29, 1.82) is 0 Å². The molecule has 0 bridgehead atoms. The largest absolute Gasteiger partial charge is 0.382 e. The minimum Gasteiger partial charge on any atom is -0.382 e. The SMILES string of the molecule is Nc1n[nH]c(C(=O)N2CCC[C@]3(CCNC3)C2)c1-c1ccccc1. The summed E-state index contributed by atoms with van der Waals surface area (Å²) in [6, 6.07) is 9.74. The normalized spacial score (nSPS) is 23.8. The second kappa shape index (κ2) is 5.94. The van der Waals surface area contributed by atoms with Crippen LogP contribution in [0.2, 0.25) is 0 Å². The van der Waals surface area contributed by atoms with Crippen molar-refractivity contribution in [2.75, 3.05) is 31.9 Å². The Morgan fingerprint density at radius 2 is 2.08 bits per heavy atom. The standard InChI is InChI=1S/C18H23N5O/c19-16-14(13-5-2-1-3-6-13)15(21-22-16)17(24)23-10-4-7-18(12-23)8-9-20-11-18/h1-3,5-6,20H,4,7-12H2,(H3,19,21,22)/t18-/m1/s1. The summed E-state index contributed by atoms with van der Waals surface area (Å²) in [6.45, 7) is 3.67. The van der Waals surface area contributed by atoms with Crippen molar-refractivity contribution in [2.45, 2.75) is 19.3 Å². The topological polar surface area (TPSA) is 87.0 Å². The number of H-pyrrole nitrogens is 1. The number of carbonyl (C=O) groups excluding carboxylic acids is 1. The molecule has 1 aromatic heterocycles. The zero-order chi connectivity index (χ0) is 16.6. The molecule has 2 aromatic rings. The van der Waals surface area contributed by atoms with Gasteiger partial charge in [-0.1, -0.05) is 30.3 Å². The fourth-order valence-electron chi connectivity index (χ4n) is 4.09. The number of hydrogen-bond acceptors (Lipinski definition) is 4. The average molecular weight is 325 g/mol. The van der Waals surface area contributed by atoms with Gasteiger partial charge in [-0.2, -0.15) is 5.10 Å². The van der Waals surface area contributed by atoms with Gasteiger partial charge >= 0.3 is 0 Å². The molecule has 2 aliphatic rings. The van der Waals surface area contributed by atoms with Crippen molar-refractivity contribution >= 4 is 11.7 Å². The summed E-state index contributed by atoms with van der Waals surface area (Å²) >= 11 is 0. The highest BCUT2D eigenvalue weighted by Gasteiger charge is 2.40. The molecule has 6 heteroatoms. The third kappa shape index (κ3) is 2.57. The molecule has 3 heterocycles. The van der Waals surface area contributed by atoms with Gasteiger partial charge in [-0.15, -0.1) is 0 Å². The van der Waals surface area contributed by atoms with E-state index in [4.69, 9.17) is 5.73 Å². The monoisotopic (exact) mass is 325 g/mol. The third-order valence-electron chi connectivity index (χ3n) is 5.35. The van der Waals surface area contributed by atoms with Gasteiger partial charge in [0.1, 0.15) is 5.69 Å². The average Bonchev–Trinajstić information content (AvgIpc) is 3.22. The second-order valence-corrected chi connectivity index (χ2v) is 6.98. The Morgan fingerprint density at radius 1 is 1.25 bits per heavy atom. The van der Waals surface area contributed by atoms with E-state index in [1.54, 1.807) is 0 Å². The van der Waals surface area contributed by atoms with Crippen LogP contribution >= 0.6 is 0 Å². The molecule has 0 unspecified atom stereocenters. The molecular formula is C18H23N5O. The fraction of sp³-hybridized carbons (Fsp3) is 0.444. The minimum absolute atomic E-state index is 0.00373. The molecule has 4 N–H and O–H groups in total. The lowest BCUT2D eigenvalue weighted by Gasteiger charge is -2.39. The van der Waals surface area contributed by atoms with E-state index in [1.165, 1.54) is 6.42 Å². The van der Waals surface area contributed by atoms with Crippen LogP contribution in [0.4, 0.5) is 5.82 Å². The second-order valence-electron chi connectivity index (χ2n) is 6.98. The highest BCUT2D eigenvalue weighted by atomic mass is 16.2. The summed E-state index contributed by atoms with van der Waals surface area (Å²) in [6.07, 6.45) is 3.39. The Labute approximate surface area is 141 Å². The van der Waals surface area contributed by atoms with Crippen molar-refractivity contribution in [2.24, 2.45) is 5.41 Å². The third-order valence-corrected chi connectivity index (χ3v) is 5.35. The number of benzene rings is 1. The van der Waals surface area contributed by atoms with E-state index in [1.807, 2.05) is 35.2 Å². The molecule has 0 radical (unpaired) electrons. The highest BCUT2D eigenvalue weighted by Crippen LogP contribution is 2.37. The van der Waals surface area contributed by atoms with Crippen LogP contribution in [-0.4, -0.2) is 47.2 Å². The zero-order valence-corrected chi connectivity index (χ0v) is 13.7. The van der Waals surface area contributed by atoms with E-state index in [0.717, 1.165) is 44.6 Å². The van der Waals surface area contributed by atoms with Gasteiger partial charge in [0, 0.05) is 25.0 Å². The Morgan fingerprint density at radius 3 is 2.83 bits per heavy atom. The summed E-state index contributed by atoms with van der Waals surface area (Å²) in [5.74, 6) is 0.378. The van der Waals surface area contributed by atoms with Gasteiger partial charge in [-0.05, 0) is 31.4 Å². The van der Waals surface area contributed by atoms with Gasteiger partial charge in [0.15, 0.2) is 5.82 Å². The van der Waals surface area contributed by atoms with Crippen molar-refractivity contribution in [3.63, 3.8) is 0 Å². The maximum absolute atomic E-state index is 13.1. The van der Waals surface area contributed by atoms with Gasteiger partial charge in [0.2, 0.25) is 0 Å². The smallest absolute Gasteiger partial charge is 0.272 e. The van der Waals surface area contributed by atoms with Crippen molar-refractivity contribution < 1.29 is 4.79 Å². The summed E-state index contributed by atoms with van der Waals surface area (Å²) in [4.78, 5) is 15.1. The summed E-state index contributed by atoms with van der Waals surface area (Å²) in [5.41, 5.74) is 8.41. The van der Waals surface area contributed by atoms with Gasteiger partial charge in [-0.25, -0.2) is 0 Å². The Kier molecular flexibility index (Phi) is 3.76. The maximum Gasteiger partial charge on any atom is 0.272 e. The van der Waals surface area contributed by atoms with Crippen LogP contribution in [-0.2, 0) is 0 Å². The highest BCUT2D eigenvalue weighted by molar-refractivity contribution is 6.01. The molecule has 1 aromatic carbocycles. The van der Waals surface area contributed by atoms with Crippen LogP contribution in [0.5, 0.6) is 0 Å². The molecule has 0 aliphatic carbocycles. The van der Waals surface area contributed by atoms with E-state index in [0.29, 0.717) is 17.1 Å². The first kappa shape index (κ1) is 15.2. The molecule has 2 fully saturated rings. The van der Waals surface area contributed by atoms with Crippen LogP contribution in [0.1, 0.15) is 29.8 Å². The molecule has 2 aliphatic heterocycles. The number of piperidine rings is 1. The summed E-state index contributed by atoms with van der Waals surface area (Å²) in [5, 5.41) is 10.4. The van der Waals surface area contributed by atoms with Crippen LogP contribution < -0.4 is 11.1 Å². The van der Waals surface area contributed by atoms with Crippen LogP contribution in [0, 0.1) is 5.41 Å². The molecule has 2 saturated heterocycles.